The van der Waals surface area contributed by atoms with Crippen LogP contribution in [0.15, 0.2) is 70.8 Å². The predicted molar refractivity (Wildman–Crippen MR) is 134 cm³/mol. The van der Waals surface area contributed by atoms with Crippen LogP contribution in [0.5, 0.6) is 11.5 Å². The maximum atomic E-state index is 12.9. The molecule has 0 spiro atoms. The highest BCUT2D eigenvalue weighted by Crippen LogP contribution is 2.38. The first-order valence-corrected chi connectivity index (χ1v) is 11.3. The topological polar surface area (TPSA) is 111 Å². The van der Waals surface area contributed by atoms with Crippen LogP contribution >= 0.6 is 27.5 Å². The Morgan fingerprint density at radius 3 is 2.43 bits per heavy atom. The Balaban J connectivity index is 1.54. The molecule has 3 aromatic rings. The summed E-state index contributed by atoms with van der Waals surface area (Å²) in [6, 6.07) is 15.2. The van der Waals surface area contributed by atoms with Gasteiger partial charge in [0.25, 0.3) is 11.6 Å². The first-order valence-electron chi connectivity index (χ1n) is 10.1. The van der Waals surface area contributed by atoms with E-state index in [0.717, 1.165) is 10.5 Å². The zero-order valence-corrected chi connectivity index (χ0v) is 20.5. The highest BCUT2D eigenvalue weighted by Gasteiger charge is 2.34. The van der Waals surface area contributed by atoms with E-state index in [-0.39, 0.29) is 18.0 Å². The lowest BCUT2D eigenvalue weighted by Crippen LogP contribution is -2.30. The van der Waals surface area contributed by atoms with Crippen LogP contribution < -0.4 is 19.7 Å². The summed E-state index contributed by atoms with van der Waals surface area (Å²) in [4.78, 5) is 36.7. The van der Waals surface area contributed by atoms with Crippen LogP contribution in [0.3, 0.4) is 0 Å². The van der Waals surface area contributed by atoms with E-state index in [9.17, 15) is 19.7 Å². The fourth-order valence-electron chi connectivity index (χ4n) is 3.36. The van der Waals surface area contributed by atoms with E-state index < -0.39 is 16.9 Å². The van der Waals surface area contributed by atoms with E-state index in [1.54, 1.807) is 48.5 Å². The highest BCUT2D eigenvalue weighted by molar-refractivity contribution is 9.10. The maximum absolute atomic E-state index is 12.9. The van der Waals surface area contributed by atoms with Crippen LogP contribution in [-0.4, -0.2) is 24.0 Å². The number of anilines is 1. The number of carbonyl (C=O) groups excluding carboxylic acids is 2. The normalized spacial score (nSPS) is 14.3. The first-order chi connectivity index (χ1) is 16.8. The summed E-state index contributed by atoms with van der Waals surface area (Å²) in [5.41, 5.74) is 1.80. The van der Waals surface area contributed by atoms with E-state index in [2.05, 4.69) is 21.2 Å². The molecule has 1 N–H and O–H groups in total. The lowest BCUT2D eigenvalue weighted by Gasteiger charge is -2.14. The first kappa shape index (κ1) is 24.2. The van der Waals surface area contributed by atoms with Crippen molar-refractivity contribution in [1.29, 1.82) is 0 Å². The maximum Gasteiger partial charge on any atom is 0.333 e. The van der Waals surface area contributed by atoms with Gasteiger partial charge in [0.15, 0.2) is 11.5 Å². The molecule has 0 atom stereocenters. The minimum Gasteiger partial charge on any atom is -0.493 e. The van der Waals surface area contributed by atoms with Crippen molar-refractivity contribution in [2.45, 2.75) is 6.61 Å². The van der Waals surface area contributed by atoms with Crippen molar-refractivity contribution in [3.8, 4) is 11.5 Å². The molecule has 1 aliphatic heterocycles. The number of methoxy groups -OCH3 is 1. The van der Waals surface area contributed by atoms with Gasteiger partial charge in [-0.2, -0.15) is 0 Å². The van der Waals surface area contributed by atoms with Gasteiger partial charge in [0.1, 0.15) is 12.3 Å². The molecule has 3 aromatic carbocycles. The second kappa shape index (κ2) is 10.2. The third-order valence-corrected chi connectivity index (χ3v) is 5.90. The summed E-state index contributed by atoms with van der Waals surface area (Å²) < 4.78 is 11.9. The molecule has 4 rings (SSSR count). The molecule has 1 heterocycles. The van der Waals surface area contributed by atoms with Gasteiger partial charge in [0.05, 0.1) is 22.2 Å². The molecule has 1 fully saturated rings. The number of benzene rings is 3. The number of nitrogens with one attached hydrogen (secondary N) is 1. The van der Waals surface area contributed by atoms with Crippen molar-refractivity contribution < 1.29 is 24.0 Å². The van der Waals surface area contributed by atoms with Crippen LogP contribution in [0.2, 0.25) is 5.02 Å². The van der Waals surface area contributed by atoms with Gasteiger partial charge >= 0.3 is 6.03 Å². The van der Waals surface area contributed by atoms with Crippen LogP contribution in [0.25, 0.3) is 6.08 Å². The van der Waals surface area contributed by atoms with E-state index in [1.807, 2.05) is 0 Å². The van der Waals surface area contributed by atoms with E-state index >= 15 is 0 Å². The van der Waals surface area contributed by atoms with Crippen molar-refractivity contribution >= 4 is 56.9 Å². The Morgan fingerprint density at radius 1 is 1.11 bits per heavy atom. The quantitative estimate of drug-likeness (QED) is 0.172. The zero-order valence-electron chi connectivity index (χ0n) is 18.2. The minimum atomic E-state index is -0.572. The number of halogens is 2. The van der Waals surface area contributed by atoms with Gasteiger partial charge in [-0.1, -0.05) is 11.6 Å². The molecule has 1 saturated heterocycles. The third kappa shape index (κ3) is 5.28. The van der Waals surface area contributed by atoms with Gasteiger partial charge in [-0.25, -0.2) is 9.69 Å². The number of nitro benzene ring substituents is 1. The average molecular weight is 559 g/mol. The molecule has 1 aliphatic rings. The largest absolute Gasteiger partial charge is 0.493 e. The molecular weight excluding hydrogens is 542 g/mol. The molecule has 11 heteroatoms. The standard InChI is InChI=1S/C24H17BrClN3O6/c1-34-21-12-15(10-19(25)22(21)35-13-14-2-6-18(7-3-14)29(32)33)11-20-23(30)28(24(31)27-20)17-8-4-16(26)5-9-17/h2-12H,13H2,1H3,(H,27,31)/b20-11+. The van der Waals surface area contributed by atoms with Gasteiger partial charge in [-0.05, 0) is 81.7 Å². The summed E-state index contributed by atoms with van der Waals surface area (Å²) in [5.74, 6) is 0.294. The lowest BCUT2D eigenvalue weighted by atomic mass is 10.1. The molecule has 0 saturated carbocycles. The molecule has 0 aliphatic carbocycles. The summed E-state index contributed by atoms with van der Waals surface area (Å²) in [5, 5.41) is 13.9. The molecular formula is C24H17BrClN3O6. The fraction of sp³-hybridized carbons (Fsp3) is 0.0833. The number of rotatable bonds is 7. The summed E-state index contributed by atoms with van der Waals surface area (Å²) in [6.45, 7) is 0.151. The number of imide groups is 1. The van der Waals surface area contributed by atoms with Gasteiger partial charge in [0.2, 0.25) is 0 Å². The van der Waals surface area contributed by atoms with E-state index in [4.69, 9.17) is 21.1 Å². The molecule has 178 valence electrons. The van der Waals surface area contributed by atoms with Gasteiger partial charge in [-0.3, -0.25) is 14.9 Å². The monoisotopic (exact) mass is 557 g/mol. The van der Waals surface area contributed by atoms with Crippen molar-refractivity contribution in [2.75, 3.05) is 12.0 Å². The Bertz CT molecular complexity index is 1340. The molecule has 0 aromatic heterocycles. The number of hydrogen-bond donors (Lipinski definition) is 1. The number of ether oxygens (including phenoxy) is 2. The molecule has 9 nitrogen and oxygen atoms in total. The van der Waals surface area contributed by atoms with Gasteiger partial charge in [0, 0.05) is 17.2 Å². The van der Waals surface area contributed by atoms with Crippen LogP contribution in [0, 0.1) is 10.1 Å². The van der Waals surface area contributed by atoms with Crippen molar-refractivity contribution in [3.05, 3.63) is 97.1 Å². The highest BCUT2D eigenvalue weighted by atomic mass is 79.9. The Hall–Kier alpha value is -3.89. The Morgan fingerprint density at radius 2 is 1.80 bits per heavy atom. The minimum absolute atomic E-state index is 0.00641. The number of carbonyl (C=O) groups is 2. The molecule has 3 amide bonds. The van der Waals surface area contributed by atoms with Crippen molar-refractivity contribution in [3.63, 3.8) is 0 Å². The number of hydrogen-bond acceptors (Lipinski definition) is 6. The zero-order chi connectivity index (χ0) is 25.1. The number of nitrogens with zero attached hydrogens (tertiary/aromatic N) is 2. The van der Waals surface area contributed by atoms with E-state index in [1.165, 1.54) is 25.3 Å². The summed E-state index contributed by atoms with van der Waals surface area (Å²) in [6.07, 6.45) is 1.53. The summed E-state index contributed by atoms with van der Waals surface area (Å²) in [7, 11) is 1.47. The van der Waals surface area contributed by atoms with E-state index in [0.29, 0.717) is 32.2 Å². The van der Waals surface area contributed by atoms with Crippen molar-refractivity contribution in [2.24, 2.45) is 0 Å². The SMILES string of the molecule is COc1cc(/C=C2/NC(=O)N(c3ccc(Cl)cc3)C2=O)cc(Br)c1OCc1ccc([N+](=O)[O-])cc1. The Kier molecular flexibility index (Phi) is 7.04. The van der Waals surface area contributed by atoms with Crippen LogP contribution in [0.4, 0.5) is 16.2 Å². The predicted octanol–water partition coefficient (Wildman–Crippen LogP) is 5.70. The fourth-order valence-corrected chi connectivity index (χ4v) is 4.06. The number of non-ortho nitro benzene ring substituents is 1. The number of urea groups is 1. The Labute approximate surface area is 213 Å². The number of amides is 3. The van der Waals surface area contributed by atoms with Crippen molar-refractivity contribution in [1.82, 2.24) is 5.32 Å². The molecule has 0 bridgehead atoms. The molecule has 0 unspecified atom stereocenters. The average Bonchev–Trinajstić information content (AvgIpc) is 3.11. The van der Waals surface area contributed by atoms with Crippen LogP contribution in [0.1, 0.15) is 11.1 Å². The smallest absolute Gasteiger partial charge is 0.333 e. The third-order valence-electron chi connectivity index (χ3n) is 5.06. The summed E-state index contributed by atoms with van der Waals surface area (Å²) >= 11 is 9.35. The van der Waals surface area contributed by atoms with Crippen LogP contribution in [-0.2, 0) is 11.4 Å². The number of nitro groups is 1. The van der Waals surface area contributed by atoms with Gasteiger partial charge in [-0.15, -0.1) is 0 Å². The molecule has 0 radical (unpaired) electrons. The lowest BCUT2D eigenvalue weighted by molar-refractivity contribution is -0.384. The van der Waals surface area contributed by atoms with Gasteiger partial charge < -0.3 is 14.8 Å². The second-order valence-corrected chi connectivity index (χ2v) is 8.64. The molecule has 35 heavy (non-hydrogen) atoms. The second-order valence-electron chi connectivity index (χ2n) is 7.35.